The minimum absolute atomic E-state index is 0.0315. The summed E-state index contributed by atoms with van der Waals surface area (Å²) in [4.78, 5) is 25.9. The maximum Gasteiger partial charge on any atom is 0.240 e. The summed E-state index contributed by atoms with van der Waals surface area (Å²) in [6.07, 6.45) is 6.84. The van der Waals surface area contributed by atoms with Crippen LogP contribution in [-0.4, -0.2) is 44.0 Å². The molecule has 1 N–H and O–H groups in total. The lowest BCUT2D eigenvalue weighted by molar-refractivity contribution is -0.132. The van der Waals surface area contributed by atoms with Crippen molar-refractivity contribution in [3.05, 3.63) is 29.5 Å². The van der Waals surface area contributed by atoms with E-state index in [0.29, 0.717) is 18.0 Å². The van der Waals surface area contributed by atoms with Crippen LogP contribution in [0.3, 0.4) is 0 Å². The maximum atomic E-state index is 12.5. The van der Waals surface area contributed by atoms with Crippen molar-refractivity contribution in [2.45, 2.75) is 32.6 Å². The van der Waals surface area contributed by atoms with E-state index in [-0.39, 0.29) is 24.8 Å². The van der Waals surface area contributed by atoms with Gasteiger partial charge in [-0.2, -0.15) is 0 Å². The molecule has 0 atom stereocenters. The van der Waals surface area contributed by atoms with Gasteiger partial charge in [-0.1, -0.05) is 19.8 Å². The number of carbonyl (C=O) groups excluding carboxylic acids is 2. The average molecular weight is 346 g/mol. The number of hydrogen-bond donors (Lipinski definition) is 1. The Hall–Kier alpha value is -2.50. The molecule has 0 aliphatic carbocycles. The predicted octanol–water partition coefficient (Wildman–Crippen LogP) is 2.37. The number of hydrogen-bond acceptors (Lipinski definition) is 4. The molecule has 1 heterocycles. The lowest BCUT2D eigenvalue weighted by Gasteiger charge is -2.16. The zero-order chi connectivity index (χ0) is 18.2. The Balaban J connectivity index is 2.05. The second-order valence-corrected chi connectivity index (χ2v) is 5.98. The summed E-state index contributed by atoms with van der Waals surface area (Å²) < 4.78 is 10.6. The summed E-state index contributed by atoms with van der Waals surface area (Å²) in [6, 6.07) is 3.65. The predicted molar refractivity (Wildman–Crippen MR) is 96.5 cm³/mol. The zero-order valence-electron chi connectivity index (χ0n) is 15.1. The van der Waals surface area contributed by atoms with E-state index in [1.807, 2.05) is 18.2 Å². The van der Waals surface area contributed by atoms with Crippen LogP contribution in [0.1, 0.15) is 37.3 Å². The van der Waals surface area contributed by atoms with Crippen LogP contribution in [0, 0.1) is 0 Å². The molecule has 0 spiro atoms. The van der Waals surface area contributed by atoms with Crippen molar-refractivity contribution >= 4 is 17.9 Å². The van der Waals surface area contributed by atoms with Crippen LogP contribution in [0.15, 0.2) is 18.3 Å². The van der Waals surface area contributed by atoms with Crippen LogP contribution >= 0.6 is 0 Å². The van der Waals surface area contributed by atoms with Gasteiger partial charge in [0, 0.05) is 12.7 Å². The first-order valence-corrected chi connectivity index (χ1v) is 8.58. The van der Waals surface area contributed by atoms with E-state index >= 15 is 0 Å². The molecule has 136 valence electrons. The van der Waals surface area contributed by atoms with Gasteiger partial charge in [0.05, 0.1) is 20.6 Å². The average Bonchev–Trinajstić information content (AvgIpc) is 2.76. The smallest absolute Gasteiger partial charge is 0.240 e. The normalized spacial score (nSPS) is 13.2. The molecule has 1 aromatic carbocycles. The van der Waals surface area contributed by atoms with Crippen molar-refractivity contribution in [1.29, 1.82) is 0 Å². The number of amides is 2. The molecule has 0 radical (unpaired) electrons. The van der Waals surface area contributed by atoms with Gasteiger partial charge in [0.1, 0.15) is 6.54 Å². The Morgan fingerprint density at radius 3 is 2.60 bits per heavy atom. The van der Waals surface area contributed by atoms with E-state index in [1.165, 1.54) is 4.90 Å². The van der Waals surface area contributed by atoms with Crippen LogP contribution in [0.4, 0.5) is 0 Å². The van der Waals surface area contributed by atoms with Crippen molar-refractivity contribution in [2.24, 2.45) is 0 Å². The van der Waals surface area contributed by atoms with Crippen LogP contribution in [0.5, 0.6) is 11.5 Å². The molecule has 2 rings (SSSR count). The van der Waals surface area contributed by atoms with Gasteiger partial charge in [0.2, 0.25) is 11.8 Å². The highest BCUT2D eigenvalue weighted by atomic mass is 16.5. The molecular weight excluding hydrogens is 320 g/mol. The highest BCUT2D eigenvalue weighted by Crippen LogP contribution is 2.32. The quantitative estimate of drug-likeness (QED) is 0.734. The van der Waals surface area contributed by atoms with E-state index in [1.54, 1.807) is 20.4 Å². The Labute approximate surface area is 148 Å². The summed E-state index contributed by atoms with van der Waals surface area (Å²) in [7, 11) is 3.14. The SMILES string of the molecule is CCCCCNC(=O)CN1C=Cc2cc(OC)c(OC)cc2CC1=O. The third-order valence-electron chi connectivity index (χ3n) is 4.16. The van der Waals surface area contributed by atoms with E-state index < -0.39 is 0 Å². The number of fused-ring (bicyclic) bond motifs is 1. The van der Waals surface area contributed by atoms with E-state index in [0.717, 1.165) is 30.4 Å². The number of ether oxygens (including phenoxy) is 2. The van der Waals surface area contributed by atoms with Gasteiger partial charge in [-0.25, -0.2) is 0 Å². The van der Waals surface area contributed by atoms with Gasteiger partial charge < -0.3 is 19.7 Å². The van der Waals surface area contributed by atoms with Crippen molar-refractivity contribution in [3.8, 4) is 11.5 Å². The molecule has 0 saturated carbocycles. The molecule has 1 aromatic rings. The van der Waals surface area contributed by atoms with Crippen molar-refractivity contribution in [3.63, 3.8) is 0 Å². The molecule has 6 heteroatoms. The van der Waals surface area contributed by atoms with E-state index in [2.05, 4.69) is 12.2 Å². The molecular formula is C19H26N2O4. The number of unbranched alkanes of at least 4 members (excludes halogenated alkanes) is 2. The lowest BCUT2D eigenvalue weighted by Crippen LogP contribution is -2.38. The number of nitrogens with one attached hydrogen (secondary N) is 1. The zero-order valence-corrected chi connectivity index (χ0v) is 15.1. The summed E-state index contributed by atoms with van der Waals surface area (Å²) in [5.74, 6) is 0.936. The van der Waals surface area contributed by atoms with E-state index in [9.17, 15) is 9.59 Å². The Morgan fingerprint density at radius 1 is 1.20 bits per heavy atom. The second-order valence-electron chi connectivity index (χ2n) is 5.98. The Kier molecular flexibility index (Phi) is 6.86. The molecule has 0 bridgehead atoms. The molecule has 0 unspecified atom stereocenters. The highest BCUT2D eigenvalue weighted by Gasteiger charge is 2.21. The second kappa shape index (κ2) is 9.11. The minimum atomic E-state index is -0.143. The molecule has 0 fully saturated rings. The van der Waals surface area contributed by atoms with Crippen molar-refractivity contribution < 1.29 is 19.1 Å². The lowest BCUT2D eigenvalue weighted by atomic mass is 10.0. The molecule has 0 aromatic heterocycles. The molecule has 6 nitrogen and oxygen atoms in total. The molecule has 1 aliphatic rings. The number of carbonyl (C=O) groups is 2. The summed E-state index contributed by atoms with van der Waals surface area (Å²) in [5.41, 5.74) is 1.74. The van der Waals surface area contributed by atoms with Crippen LogP contribution in [-0.2, 0) is 16.0 Å². The maximum absolute atomic E-state index is 12.5. The van der Waals surface area contributed by atoms with Gasteiger partial charge in [0.15, 0.2) is 11.5 Å². The first-order chi connectivity index (χ1) is 12.1. The number of rotatable bonds is 8. The monoisotopic (exact) mass is 346 g/mol. The van der Waals surface area contributed by atoms with Gasteiger partial charge in [-0.3, -0.25) is 9.59 Å². The van der Waals surface area contributed by atoms with E-state index in [4.69, 9.17) is 9.47 Å². The minimum Gasteiger partial charge on any atom is -0.493 e. The number of nitrogens with zero attached hydrogens (tertiary/aromatic N) is 1. The van der Waals surface area contributed by atoms with Gasteiger partial charge in [-0.05, 0) is 35.8 Å². The van der Waals surface area contributed by atoms with Gasteiger partial charge >= 0.3 is 0 Å². The van der Waals surface area contributed by atoms with Crippen molar-refractivity contribution in [2.75, 3.05) is 27.3 Å². The third-order valence-corrected chi connectivity index (χ3v) is 4.16. The largest absolute Gasteiger partial charge is 0.493 e. The topological polar surface area (TPSA) is 67.9 Å². The van der Waals surface area contributed by atoms with Crippen molar-refractivity contribution in [1.82, 2.24) is 10.2 Å². The van der Waals surface area contributed by atoms with Gasteiger partial charge in [-0.15, -0.1) is 0 Å². The number of methoxy groups -OCH3 is 2. The fourth-order valence-corrected chi connectivity index (χ4v) is 2.72. The van der Waals surface area contributed by atoms with Gasteiger partial charge in [0.25, 0.3) is 0 Å². The Bertz CT molecular complexity index is 655. The highest BCUT2D eigenvalue weighted by molar-refractivity contribution is 5.89. The molecule has 2 amide bonds. The Morgan fingerprint density at radius 2 is 1.92 bits per heavy atom. The summed E-state index contributed by atoms with van der Waals surface area (Å²) in [6.45, 7) is 2.79. The fraction of sp³-hybridized carbons (Fsp3) is 0.474. The molecule has 1 aliphatic heterocycles. The summed E-state index contributed by atoms with van der Waals surface area (Å²) >= 11 is 0. The van der Waals surface area contributed by atoms with Crippen LogP contribution in [0.2, 0.25) is 0 Å². The van der Waals surface area contributed by atoms with Crippen LogP contribution < -0.4 is 14.8 Å². The third kappa shape index (κ3) is 4.98. The summed E-state index contributed by atoms with van der Waals surface area (Å²) in [5, 5.41) is 2.86. The molecule has 0 saturated heterocycles. The number of benzene rings is 1. The first kappa shape index (κ1) is 18.8. The first-order valence-electron chi connectivity index (χ1n) is 8.58. The fourth-order valence-electron chi connectivity index (χ4n) is 2.72. The molecule has 25 heavy (non-hydrogen) atoms. The van der Waals surface area contributed by atoms with Crippen LogP contribution in [0.25, 0.3) is 6.08 Å². The standard InChI is InChI=1S/C19H26N2O4/c1-4-5-6-8-20-18(22)13-21-9-7-14-10-16(24-2)17(25-3)11-15(14)12-19(21)23/h7,9-11H,4-6,8,12-13H2,1-3H3,(H,20,22).